The van der Waals surface area contributed by atoms with Gasteiger partial charge in [0.05, 0.1) is 5.69 Å². The predicted molar refractivity (Wildman–Crippen MR) is 109 cm³/mol. The van der Waals surface area contributed by atoms with Crippen molar-refractivity contribution in [2.75, 3.05) is 24.8 Å². The van der Waals surface area contributed by atoms with Crippen LogP contribution in [0.5, 0.6) is 17.2 Å². The first kappa shape index (κ1) is 16.9. The van der Waals surface area contributed by atoms with E-state index < -0.39 is 0 Å². The normalized spacial score (nSPS) is 15.2. The van der Waals surface area contributed by atoms with Crippen LogP contribution in [0.4, 0.5) is 5.82 Å². The molecule has 3 heterocycles. The van der Waals surface area contributed by atoms with Crippen molar-refractivity contribution in [3.63, 3.8) is 0 Å². The Morgan fingerprint density at radius 2 is 1.82 bits per heavy atom. The Balaban J connectivity index is 1.70. The standard InChI is InChI=1S/C23H22N2O3/c1-15-7-8-20(26)18(11-15)19-12-16(13-22(24-19)25-9-2-3-10-25)17-5-4-6-21-23(17)28-14-27-21/h4-8,11-13,26H,2-3,9-10,14H2,1H3. The Labute approximate surface area is 164 Å². The minimum Gasteiger partial charge on any atom is -0.507 e. The zero-order valence-electron chi connectivity index (χ0n) is 15.8. The Morgan fingerprint density at radius 3 is 2.68 bits per heavy atom. The number of phenols is 1. The van der Waals surface area contributed by atoms with Crippen LogP contribution >= 0.6 is 0 Å². The van der Waals surface area contributed by atoms with Crippen molar-refractivity contribution >= 4 is 5.82 Å². The summed E-state index contributed by atoms with van der Waals surface area (Å²) in [4.78, 5) is 7.21. The zero-order valence-corrected chi connectivity index (χ0v) is 15.8. The Kier molecular flexibility index (Phi) is 4.08. The van der Waals surface area contributed by atoms with Gasteiger partial charge in [-0.3, -0.25) is 0 Å². The number of aryl methyl sites for hydroxylation is 1. The third kappa shape index (κ3) is 2.93. The molecule has 0 saturated carbocycles. The van der Waals surface area contributed by atoms with Gasteiger partial charge in [-0.05, 0) is 55.7 Å². The van der Waals surface area contributed by atoms with Crippen LogP contribution in [0.1, 0.15) is 18.4 Å². The predicted octanol–water partition coefficient (Wildman–Crippen LogP) is 4.76. The van der Waals surface area contributed by atoms with Gasteiger partial charge in [-0.2, -0.15) is 0 Å². The summed E-state index contributed by atoms with van der Waals surface area (Å²) in [5.41, 5.74) is 4.57. The topological polar surface area (TPSA) is 54.8 Å². The van der Waals surface area contributed by atoms with Crippen molar-refractivity contribution in [3.05, 3.63) is 54.1 Å². The number of rotatable bonds is 3. The smallest absolute Gasteiger partial charge is 0.231 e. The fraction of sp³-hybridized carbons (Fsp3) is 0.261. The summed E-state index contributed by atoms with van der Waals surface area (Å²) in [6, 6.07) is 15.7. The van der Waals surface area contributed by atoms with E-state index in [1.807, 2.05) is 43.3 Å². The number of aromatic hydroxyl groups is 1. The average Bonchev–Trinajstić information content (AvgIpc) is 3.41. The quantitative estimate of drug-likeness (QED) is 0.716. The number of phenolic OH excluding ortho intramolecular Hbond substituents is 1. The minimum atomic E-state index is 0.237. The summed E-state index contributed by atoms with van der Waals surface area (Å²) in [5.74, 6) is 2.69. The van der Waals surface area contributed by atoms with E-state index in [1.54, 1.807) is 6.07 Å². The molecule has 2 aliphatic rings. The Bertz CT molecular complexity index is 1040. The third-order valence-electron chi connectivity index (χ3n) is 5.38. The number of aromatic nitrogens is 1. The number of nitrogens with zero attached hydrogens (tertiary/aromatic N) is 2. The van der Waals surface area contributed by atoms with Crippen molar-refractivity contribution in [3.8, 4) is 39.6 Å². The molecule has 5 rings (SSSR count). The van der Waals surface area contributed by atoms with Gasteiger partial charge in [0.1, 0.15) is 11.6 Å². The van der Waals surface area contributed by atoms with E-state index in [0.717, 1.165) is 58.4 Å². The second kappa shape index (κ2) is 6.75. The highest BCUT2D eigenvalue weighted by atomic mass is 16.7. The maximum Gasteiger partial charge on any atom is 0.231 e. The highest BCUT2D eigenvalue weighted by Crippen LogP contribution is 2.43. The third-order valence-corrected chi connectivity index (χ3v) is 5.38. The molecule has 0 bridgehead atoms. The van der Waals surface area contributed by atoms with Crippen LogP contribution in [0, 0.1) is 6.92 Å². The zero-order chi connectivity index (χ0) is 19.1. The van der Waals surface area contributed by atoms with Gasteiger partial charge in [-0.25, -0.2) is 4.98 Å². The molecule has 0 spiro atoms. The van der Waals surface area contributed by atoms with Gasteiger partial charge < -0.3 is 19.5 Å². The van der Waals surface area contributed by atoms with Crippen molar-refractivity contribution in [2.24, 2.45) is 0 Å². The van der Waals surface area contributed by atoms with Crippen LogP contribution < -0.4 is 14.4 Å². The number of anilines is 1. The molecule has 0 radical (unpaired) electrons. The minimum absolute atomic E-state index is 0.237. The van der Waals surface area contributed by atoms with Crippen LogP contribution in [0.15, 0.2) is 48.5 Å². The monoisotopic (exact) mass is 374 g/mol. The maximum atomic E-state index is 10.5. The van der Waals surface area contributed by atoms with Crippen LogP contribution in [0.25, 0.3) is 22.4 Å². The van der Waals surface area contributed by atoms with E-state index in [1.165, 1.54) is 12.8 Å². The van der Waals surface area contributed by atoms with E-state index in [4.69, 9.17) is 14.5 Å². The second-order valence-electron chi connectivity index (χ2n) is 7.35. The molecule has 2 aliphatic heterocycles. The lowest BCUT2D eigenvalue weighted by molar-refractivity contribution is 0.174. The first-order valence-corrected chi connectivity index (χ1v) is 9.65. The lowest BCUT2D eigenvalue weighted by atomic mass is 10.0. The maximum absolute atomic E-state index is 10.5. The number of ether oxygens (including phenoxy) is 2. The van der Waals surface area contributed by atoms with Crippen molar-refractivity contribution < 1.29 is 14.6 Å². The number of benzene rings is 2. The fourth-order valence-corrected chi connectivity index (χ4v) is 3.93. The molecule has 142 valence electrons. The van der Waals surface area contributed by atoms with E-state index in [-0.39, 0.29) is 12.5 Å². The van der Waals surface area contributed by atoms with Crippen molar-refractivity contribution in [2.45, 2.75) is 19.8 Å². The van der Waals surface area contributed by atoms with E-state index in [9.17, 15) is 5.11 Å². The van der Waals surface area contributed by atoms with E-state index in [2.05, 4.69) is 11.0 Å². The molecular weight excluding hydrogens is 352 g/mol. The van der Waals surface area contributed by atoms with Crippen molar-refractivity contribution in [1.82, 2.24) is 4.98 Å². The lowest BCUT2D eigenvalue weighted by Crippen LogP contribution is -2.19. The van der Waals surface area contributed by atoms with Gasteiger partial charge in [0.2, 0.25) is 6.79 Å². The Morgan fingerprint density at radius 1 is 0.964 bits per heavy atom. The van der Waals surface area contributed by atoms with Gasteiger partial charge in [0.15, 0.2) is 11.5 Å². The van der Waals surface area contributed by atoms with Gasteiger partial charge in [-0.1, -0.05) is 23.8 Å². The van der Waals surface area contributed by atoms with Crippen LogP contribution in [0.2, 0.25) is 0 Å². The number of para-hydroxylation sites is 1. The number of pyridine rings is 1. The molecule has 1 N–H and O–H groups in total. The summed E-state index contributed by atoms with van der Waals surface area (Å²) < 4.78 is 11.3. The second-order valence-corrected chi connectivity index (χ2v) is 7.35. The summed E-state index contributed by atoms with van der Waals surface area (Å²) in [6.07, 6.45) is 2.35. The lowest BCUT2D eigenvalue weighted by Gasteiger charge is -2.19. The van der Waals surface area contributed by atoms with E-state index >= 15 is 0 Å². The molecule has 1 fully saturated rings. The molecule has 2 aromatic carbocycles. The van der Waals surface area contributed by atoms with Crippen molar-refractivity contribution in [1.29, 1.82) is 0 Å². The summed E-state index contributed by atoms with van der Waals surface area (Å²) >= 11 is 0. The first-order chi connectivity index (χ1) is 13.7. The van der Waals surface area contributed by atoms with Gasteiger partial charge in [0.25, 0.3) is 0 Å². The fourth-order valence-electron chi connectivity index (χ4n) is 3.93. The van der Waals surface area contributed by atoms with Crippen LogP contribution in [0.3, 0.4) is 0 Å². The molecule has 5 nitrogen and oxygen atoms in total. The molecule has 3 aromatic rings. The summed E-state index contributed by atoms with van der Waals surface area (Å²) in [7, 11) is 0. The Hall–Kier alpha value is -3.21. The first-order valence-electron chi connectivity index (χ1n) is 9.65. The number of fused-ring (bicyclic) bond motifs is 1. The molecule has 5 heteroatoms. The molecular formula is C23H22N2O3. The summed E-state index contributed by atoms with van der Waals surface area (Å²) in [6.45, 7) is 4.26. The molecule has 1 aromatic heterocycles. The highest BCUT2D eigenvalue weighted by Gasteiger charge is 2.22. The SMILES string of the molecule is Cc1ccc(O)c(-c2cc(-c3cccc4c3OCO4)cc(N3CCCC3)n2)c1. The number of hydrogen-bond donors (Lipinski definition) is 1. The van der Waals surface area contributed by atoms with Crippen LogP contribution in [-0.2, 0) is 0 Å². The summed E-state index contributed by atoms with van der Waals surface area (Å²) in [5, 5.41) is 10.5. The van der Waals surface area contributed by atoms with E-state index in [0.29, 0.717) is 0 Å². The molecule has 0 amide bonds. The number of hydrogen-bond acceptors (Lipinski definition) is 5. The molecule has 0 atom stereocenters. The molecule has 1 saturated heterocycles. The molecule has 0 aliphatic carbocycles. The van der Waals surface area contributed by atoms with Crippen LogP contribution in [-0.4, -0.2) is 30.0 Å². The average molecular weight is 374 g/mol. The van der Waals surface area contributed by atoms with Gasteiger partial charge in [0, 0.05) is 24.2 Å². The van der Waals surface area contributed by atoms with Gasteiger partial charge >= 0.3 is 0 Å². The molecule has 28 heavy (non-hydrogen) atoms. The largest absolute Gasteiger partial charge is 0.507 e. The highest BCUT2D eigenvalue weighted by molar-refractivity contribution is 5.81. The van der Waals surface area contributed by atoms with Gasteiger partial charge in [-0.15, -0.1) is 0 Å². The molecule has 0 unspecified atom stereocenters.